The molecule has 8 heteroatoms. The number of hydrogen-bond donors (Lipinski definition) is 1. The van der Waals surface area contributed by atoms with Gasteiger partial charge in [-0.15, -0.1) is 0 Å². The normalized spacial score (nSPS) is 19.0. The number of amides is 1. The van der Waals surface area contributed by atoms with Gasteiger partial charge in [-0.2, -0.15) is 0 Å². The largest absolute Gasteiger partial charge is 0.497 e. The second-order valence-corrected chi connectivity index (χ2v) is 8.69. The SMILES string of the molecule is COC1=CC(=CC2=C(C)/C(=C\C(=O)NCc3ccco3)c3cc(OC)ccc32)C=C(OC)C12OCCO2. The van der Waals surface area contributed by atoms with Gasteiger partial charge in [0, 0.05) is 6.08 Å². The Balaban J connectivity index is 1.54. The summed E-state index contributed by atoms with van der Waals surface area (Å²) in [5, 5.41) is 2.88. The highest BCUT2D eigenvalue weighted by atomic mass is 16.8. The number of hydrogen-bond acceptors (Lipinski definition) is 7. The lowest BCUT2D eigenvalue weighted by Gasteiger charge is -2.32. The van der Waals surface area contributed by atoms with Gasteiger partial charge in [-0.05, 0) is 82.8 Å². The van der Waals surface area contributed by atoms with Crippen LogP contribution >= 0.6 is 0 Å². The molecule has 5 rings (SSSR count). The molecule has 1 spiro atoms. The fourth-order valence-electron chi connectivity index (χ4n) is 4.79. The van der Waals surface area contributed by atoms with Crippen molar-refractivity contribution in [2.45, 2.75) is 19.3 Å². The summed E-state index contributed by atoms with van der Waals surface area (Å²) >= 11 is 0. The van der Waals surface area contributed by atoms with Gasteiger partial charge in [0.2, 0.25) is 5.91 Å². The molecule has 1 aromatic carbocycles. The molecule has 0 bridgehead atoms. The fraction of sp³-hybridized carbons (Fsp3) is 0.276. The van der Waals surface area contributed by atoms with E-state index < -0.39 is 5.79 Å². The zero-order chi connectivity index (χ0) is 26.0. The van der Waals surface area contributed by atoms with Gasteiger partial charge in [0.05, 0.1) is 47.4 Å². The number of ether oxygens (including phenoxy) is 5. The number of fused-ring (bicyclic) bond motifs is 1. The molecule has 2 heterocycles. The number of rotatable bonds is 7. The molecule has 2 aromatic rings. The molecule has 1 fully saturated rings. The minimum atomic E-state index is -1.16. The van der Waals surface area contributed by atoms with Gasteiger partial charge in [-0.25, -0.2) is 0 Å². The summed E-state index contributed by atoms with van der Waals surface area (Å²) in [7, 11) is 4.79. The van der Waals surface area contributed by atoms with E-state index in [-0.39, 0.29) is 5.91 Å². The topological polar surface area (TPSA) is 88.4 Å². The van der Waals surface area contributed by atoms with Crippen molar-refractivity contribution in [3.8, 4) is 5.75 Å². The van der Waals surface area contributed by atoms with Gasteiger partial charge in [0.15, 0.2) is 11.5 Å². The molecule has 0 saturated carbocycles. The van der Waals surface area contributed by atoms with Crippen LogP contribution in [0.5, 0.6) is 5.75 Å². The summed E-state index contributed by atoms with van der Waals surface area (Å²) in [6, 6.07) is 9.46. The van der Waals surface area contributed by atoms with Gasteiger partial charge < -0.3 is 33.4 Å². The predicted octanol–water partition coefficient (Wildman–Crippen LogP) is 4.52. The van der Waals surface area contributed by atoms with Crippen molar-refractivity contribution in [3.63, 3.8) is 0 Å². The Hall–Kier alpha value is -4.01. The quantitative estimate of drug-likeness (QED) is 0.556. The zero-order valence-electron chi connectivity index (χ0n) is 21.3. The number of allylic oxidation sites excluding steroid dienone is 7. The first-order chi connectivity index (χ1) is 18.0. The van der Waals surface area contributed by atoms with E-state index in [4.69, 9.17) is 28.1 Å². The standard InChI is InChI=1S/C29H29NO7/c1-18-23(12-19-13-26(33-3)29(27(14-19)34-4)36-10-11-37-29)22-8-7-20(32-2)15-25(22)24(18)16-28(31)30-17-21-6-5-9-35-21/h5-9,12-16H,10-11,17H2,1-4H3,(H,30,31)/b24-16+. The molecule has 0 unspecified atom stereocenters. The summed E-state index contributed by atoms with van der Waals surface area (Å²) in [6.45, 7) is 3.19. The van der Waals surface area contributed by atoms with E-state index in [2.05, 4.69) is 5.32 Å². The van der Waals surface area contributed by atoms with E-state index in [0.717, 1.165) is 33.4 Å². The van der Waals surface area contributed by atoms with Crippen LogP contribution in [0.25, 0.3) is 11.1 Å². The van der Waals surface area contributed by atoms with Crippen molar-refractivity contribution < 1.29 is 32.9 Å². The minimum Gasteiger partial charge on any atom is -0.497 e. The first-order valence-electron chi connectivity index (χ1n) is 11.9. The van der Waals surface area contributed by atoms with Crippen LogP contribution in [0.2, 0.25) is 0 Å². The van der Waals surface area contributed by atoms with E-state index in [1.165, 1.54) is 0 Å². The van der Waals surface area contributed by atoms with Crippen molar-refractivity contribution >= 4 is 17.1 Å². The van der Waals surface area contributed by atoms with Crippen molar-refractivity contribution in [3.05, 3.63) is 100 Å². The lowest BCUT2D eigenvalue weighted by atomic mass is 9.96. The van der Waals surface area contributed by atoms with E-state index >= 15 is 0 Å². The third kappa shape index (κ3) is 4.50. The summed E-state index contributed by atoms with van der Waals surface area (Å²) < 4.78 is 33.9. The summed E-state index contributed by atoms with van der Waals surface area (Å²) in [5.41, 5.74) is 5.50. The van der Waals surface area contributed by atoms with Gasteiger partial charge >= 0.3 is 0 Å². The van der Waals surface area contributed by atoms with E-state index in [9.17, 15) is 4.79 Å². The average molecular weight is 504 g/mol. The highest BCUT2D eigenvalue weighted by Crippen LogP contribution is 2.45. The molecule has 3 aliphatic rings. The average Bonchev–Trinajstić information content (AvgIpc) is 3.66. The molecule has 0 atom stereocenters. The molecule has 2 aliphatic carbocycles. The van der Waals surface area contributed by atoms with Crippen LogP contribution < -0.4 is 10.1 Å². The first kappa shape index (κ1) is 24.7. The predicted molar refractivity (Wildman–Crippen MR) is 137 cm³/mol. The Morgan fingerprint density at radius 1 is 1.03 bits per heavy atom. The number of furan rings is 1. The van der Waals surface area contributed by atoms with E-state index in [1.54, 1.807) is 39.7 Å². The van der Waals surface area contributed by atoms with Gasteiger partial charge in [-0.3, -0.25) is 4.79 Å². The molecule has 1 aromatic heterocycles. The van der Waals surface area contributed by atoms with Crippen LogP contribution in [0.1, 0.15) is 23.8 Å². The Morgan fingerprint density at radius 2 is 1.76 bits per heavy atom. The van der Waals surface area contributed by atoms with Crippen molar-refractivity contribution in [1.29, 1.82) is 0 Å². The van der Waals surface area contributed by atoms with Crippen LogP contribution in [0.3, 0.4) is 0 Å². The van der Waals surface area contributed by atoms with Gasteiger partial charge in [0.1, 0.15) is 11.5 Å². The molecular weight excluding hydrogens is 474 g/mol. The number of benzene rings is 1. The molecule has 1 saturated heterocycles. The lowest BCUT2D eigenvalue weighted by molar-refractivity contribution is -0.150. The summed E-state index contributed by atoms with van der Waals surface area (Å²) in [5.74, 6) is 1.03. The zero-order valence-corrected chi connectivity index (χ0v) is 21.3. The third-order valence-corrected chi connectivity index (χ3v) is 6.60. The van der Waals surface area contributed by atoms with Crippen molar-refractivity contribution in [2.75, 3.05) is 34.5 Å². The summed E-state index contributed by atoms with van der Waals surface area (Å²) in [6.07, 6.45) is 9.01. The number of nitrogens with one attached hydrogen (secondary N) is 1. The highest BCUT2D eigenvalue weighted by molar-refractivity contribution is 6.09. The van der Waals surface area contributed by atoms with Crippen LogP contribution in [-0.4, -0.2) is 46.2 Å². The number of methoxy groups -OCH3 is 3. The molecule has 1 N–H and O–H groups in total. The second-order valence-electron chi connectivity index (χ2n) is 8.69. The second kappa shape index (κ2) is 10.2. The summed E-state index contributed by atoms with van der Waals surface area (Å²) in [4.78, 5) is 12.8. The monoisotopic (exact) mass is 503 g/mol. The van der Waals surface area contributed by atoms with Crippen LogP contribution in [0.15, 0.2) is 88.0 Å². The molecule has 1 aliphatic heterocycles. The molecule has 192 valence electrons. The third-order valence-electron chi connectivity index (χ3n) is 6.60. The fourth-order valence-corrected chi connectivity index (χ4v) is 4.79. The Kier molecular flexibility index (Phi) is 6.78. The maximum absolute atomic E-state index is 12.8. The maximum atomic E-state index is 12.8. The Morgan fingerprint density at radius 3 is 2.38 bits per heavy atom. The van der Waals surface area contributed by atoms with Crippen LogP contribution in [-0.2, 0) is 30.3 Å². The van der Waals surface area contributed by atoms with Crippen molar-refractivity contribution in [1.82, 2.24) is 5.32 Å². The lowest BCUT2D eigenvalue weighted by Crippen LogP contribution is -2.38. The van der Waals surface area contributed by atoms with E-state index in [1.807, 2.05) is 49.4 Å². The Bertz CT molecular complexity index is 1330. The van der Waals surface area contributed by atoms with Crippen LogP contribution in [0, 0.1) is 0 Å². The smallest absolute Gasteiger partial charge is 0.288 e. The Labute approximate surface area is 215 Å². The minimum absolute atomic E-state index is 0.216. The molecule has 0 radical (unpaired) electrons. The molecule has 37 heavy (non-hydrogen) atoms. The van der Waals surface area contributed by atoms with E-state index in [0.29, 0.717) is 42.8 Å². The van der Waals surface area contributed by atoms with Crippen LogP contribution in [0.4, 0.5) is 0 Å². The number of carbonyl (C=O) groups excluding carboxylic acids is 1. The van der Waals surface area contributed by atoms with Gasteiger partial charge in [0.25, 0.3) is 5.79 Å². The highest BCUT2D eigenvalue weighted by Gasteiger charge is 2.49. The molecule has 1 amide bonds. The number of carbonyl (C=O) groups is 1. The molecular formula is C29H29NO7. The van der Waals surface area contributed by atoms with Crippen molar-refractivity contribution in [2.24, 2.45) is 0 Å². The molecule has 8 nitrogen and oxygen atoms in total. The first-order valence-corrected chi connectivity index (χ1v) is 11.9. The maximum Gasteiger partial charge on any atom is 0.288 e. The van der Waals surface area contributed by atoms with Gasteiger partial charge in [-0.1, -0.05) is 6.07 Å².